The van der Waals surface area contributed by atoms with Crippen molar-refractivity contribution < 1.29 is 25.8 Å². The van der Waals surface area contributed by atoms with E-state index in [-0.39, 0.29) is 11.6 Å². The lowest BCUT2D eigenvalue weighted by molar-refractivity contribution is 0.0980. The highest BCUT2D eigenvalue weighted by molar-refractivity contribution is 7.81. The van der Waals surface area contributed by atoms with Crippen molar-refractivity contribution in [3.63, 3.8) is 0 Å². The molecule has 0 fully saturated rings. The van der Waals surface area contributed by atoms with Crippen molar-refractivity contribution in [2.45, 2.75) is 6.92 Å². The second-order valence-corrected chi connectivity index (χ2v) is 6.03. The highest BCUT2D eigenvalue weighted by Crippen LogP contribution is 2.36. The van der Waals surface area contributed by atoms with Crippen molar-refractivity contribution in [3.8, 4) is 0 Å². The molecule has 0 radical (unpaired) electrons. The molecule has 6 nitrogen and oxygen atoms in total. The van der Waals surface area contributed by atoms with Crippen LogP contribution in [0.5, 0.6) is 0 Å². The van der Waals surface area contributed by atoms with E-state index in [0.29, 0.717) is 40.2 Å². The molecular formula is C17H16F2N2O4S. The number of nitrogens with one attached hydrogen (secondary N) is 2. The Labute approximate surface area is 149 Å². The number of hydrogen-bond acceptors (Lipinski definition) is 6. The lowest BCUT2D eigenvalue weighted by Gasteiger charge is -2.23. The molecule has 2 aromatic rings. The summed E-state index contributed by atoms with van der Waals surface area (Å²) in [5.74, 6) is -0.211. The van der Waals surface area contributed by atoms with Gasteiger partial charge in [-0.15, -0.1) is 0 Å². The van der Waals surface area contributed by atoms with Crippen LogP contribution in [0.2, 0.25) is 0 Å². The van der Waals surface area contributed by atoms with Crippen molar-refractivity contribution in [3.05, 3.63) is 58.7 Å². The van der Waals surface area contributed by atoms with Crippen LogP contribution in [0.15, 0.2) is 36.4 Å². The maximum atomic E-state index is 12.8. The minimum Gasteiger partial charge on any atom is -0.388 e. The molecule has 0 saturated heterocycles. The molecule has 1 aliphatic carbocycles. The molecule has 26 heavy (non-hydrogen) atoms. The summed E-state index contributed by atoms with van der Waals surface area (Å²) in [7, 11) is -3.92. The van der Waals surface area contributed by atoms with Gasteiger partial charge in [-0.2, -0.15) is 8.42 Å². The van der Waals surface area contributed by atoms with E-state index in [2.05, 4.69) is 10.6 Å². The van der Waals surface area contributed by atoms with Crippen LogP contribution >= 0.6 is 0 Å². The molecular weight excluding hydrogens is 366 g/mol. The average molecular weight is 382 g/mol. The van der Waals surface area contributed by atoms with Crippen LogP contribution in [-0.2, 0) is 10.6 Å². The molecule has 0 aliphatic heterocycles. The predicted octanol–water partition coefficient (Wildman–Crippen LogP) is 3.11. The van der Waals surface area contributed by atoms with Crippen LogP contribution in [0.4, 0.5) is 19.1 Å². The van der Waals surface area contributed by atoms with Crippen LogP contribution in [0.1, 0.15) is 38.8 Å². The molecule has 1 aliphatic rings. The highest BCUT2D eigenvalue weighted by atomic mass is 32.3. The Hall–Kier alpha value is -2.81. The van der Waals surface area contributed by atoms with Crippen LogP contribution in [0.3, 0.4) is 0 Å². The van der Waals surface area contributed by atoms with Gasteiger partial charge in [0.05, 0.1) is 11.1 Å². The van der Waals surface area contributed by atoms with Gasteiger partial charge in [0, 0.05) is 36.1 Å². The maximum Gasteiger partial charge on any atom is 0.476 e. The molecule has 2 N–H and O–H groups in total. The lowest BCUT2D eigenvalue weighted by Crippen LogP contribution is -2.23. The first kappa shape index (κ1) is 19.5. The highest BCUT2D eigenvalue weighted by Gasteiger charge is 2.33. The quantitative estimate of drug-likeness (QED) is 0.677. The number of ketones is 2. The molecule has 0 aromatic heterocycles. The van der Waals surface area contributed by atoms with Crippen molar-refractivity contribution in [2.75, 3.05) is 24.2 Å². The van der Waals surface area contributed by atoms with Gasteiger partial charge >= 0.3 is 10.6 Å². The Morgan fingerprint density at radius 3 is 1.73 bits per heavy atom. The van der Waals surface area contributed by atoms with Crippen LogP contribution < -0.4 is 10.6 Å². The van der Waals surface area contributed by atoms with Gasteiger partial charge in [-0.25, -0.2) is 0 Å². The van der Waals surface area contributed by atoms with Gasteiger partial charge in [0.15, 0.2) is 11.6 Å². The molecule has 2 aromatic carbocycles. The standard InChI is InChI=1S/C17H16N2O2.F2O2S/c1-3-19-13-9-8-12(18-2)14-15(13)17(21)11-7-5-4-6-10(11)16(14)20;1-5(2,3)4/h4-9,18-19H,3H2,1-2H3;. The molecule has 0 unspecified atom stereocenters. The Morgan fingerprint density at radius 2 is 1.31 bits per heavy atom. The van der Waals surface area contributed by atoms with Gasteiger partial charge in [-0.3, -0.25) is 9.59 Å². The number of halogens is 2. The van der Waals surface area contributed by atoms with E-state index in [0.717, 1.165) is 0 Å². The summed E-state index contributed by atoms with van der Waals surface area (Å²) in [6.45, 7) is 2.65. The molecule has 9 heteroatoms. The Morgan fingerprint density at radius 1 is 0.885 bits per heavy atom. The number of rotatable bonds is 3. The van der Waals surface area contributed by atoms with Crippen molar-refractivity contribution >= 4 is 33.6 Å². The zero-order valence-corrected chi connectivity index (χ0v) is 14.8. The molecule has 0 atom stereocenters. The largest absolute Gasteiger partial charge is 0.476 e. The van der Waals surface area contributed by atoms with Gasteiger partial charge in [0.2, 0.25) is 0 Å². The number of fused-ring (bicyclic) bond motifs is 2. The average Bonchev–Trinajstić information content (AvgIpc) is 2.58. The van der Waals surface area contributed by atoms with E-state index >= 15 is 0 Å². The maximum absolute atomic E-state index is 12.8. The number of anilines is 2. The summed E-state index contributed by atoms with van der Waals surface area (Å²) in [5.41, 5.74) is 3.26. The second kappa shape index (κ2) is 7.61. The summed E-state index contributed by atoms with van der Waals surface area (Å²) in [5, 5.41) is 6.17. The number of carbonyl (C=O) groups excluding carboxylic acids is 2. The third-order valence-corrected chi connectivity index (χ3v) is 3.71. The van der Waals surface area contributed by atoms with Gasteiger partial charge in [-0.05, 0) is 19.1 Å². The minimum atomic E-state index is -5.67. The summed E-state index contributed by atoms with van der Waals surface area (Å²) in [6, 6.07) is 10.6. The third kappa shape index (κ3) is 4.05. The monoisotopic (exact) mass is 382 g/mol. The summed E-state index contributed by atoms with van der Waals surface area (Å²) < 4.78 is 36.6. The van der Waals surface area contributed by atoms with Gasteiger partial charge < -0.3 is 10.6 Å². The van der Waals surface area contributed by atoms with E-state index < -0.39 is 10.6 Å². The summed E-state index contributed by atoms with van der Waals surface area (Å²) in [6.07, 6.45) is 0. The summed E-state index contributed by atoms with van der Waals surface area (Å²) in [4.78, 5) is 25.6. The van der Waals surface area contributed by atoms with E-state index in [1.54, 1.807) is 31.3 Å². The first-order valence-corrected chi connectivity index (χ1v) is 8.88. The Balaban J connectivity index is 0.000000431. The molecule has 138 valence electrons. The smallest absolute Gasteiger partial charge is 0.388 e. The van der Waals surface area contributed by atoms with Gasteiger partial charge in [0.25, 0.3) is 0 Å². The van der Waals surface area contributed by atoms with Crippen molar-refractivity contribution in [1.29, 1.82) is 0 Å². The predicted molar refractivity (Wildman–Crippen MR) is 94.6 cm³/mol. The molecule has 3 rings (SSSR count). The number of benzene rings is 2. The first-order valence-electron chi connectivity index (χ1n) is 7.60. The molecule has 0 heterocycles. The van der Waals surface area contributed by atoms with Crippen LogP contribution in [-0.4, -0.2) is 33.6 Å². The van der Waals surface area contributed by atoms with Gasteiger partial charge in [0.1, 0.15) is 0 Å². The fraction of sp³-hybridized carbons (Fsp3) is 0.176. The molecule has 0 bridgehead atoms. The minimum absolute atomic E-state index is 0.103. The Kier molecular flexibility index (Phi) is 5.71. The summed E-state index contributed by atoms with van der Waals surface area (Å²) >= 11 is 0. The van der Waals surface area contributed by atoms with Crippen molar-refractivity contribution in [1.82, 2.24) is 0 Å². The third-order valence-electron chi connectivity index (χ3n) is 3.71. The molecule has 0 spiro atoms. The van der Waals surface area contributed by atoms with Crippen LogP contribution in [0.25, 0.3) is 0 Å². The SMILES string of the molecule is CCNc1ccc(NC)c2c1C(=O)c1ccccc1C2=O.O=S(=O)(F)F. The van der Waals surface area contributed by atoms with Crippen LogP contribution in [0, 0.1) is 0 Å². The first-order chi connectivity index (χ1) is 12.2. The normalized spacial score (nSPS) is 12.5. The second-order valence-electron chi connectivity index (χ2n) is 5.27. The van der Waals surface area contributed by atoms with Crippen molar-refractivity contribution in [2.24, 2.45) is 0 Å². The van der Waals surface area contributed by atoms with E-state index in [1.807, 2.05) is 19.1 Å². The topological polar surface area (TPSA) is 92.3 Å². The fourth-order valence-electron chi connectivity index (χ4n) is 2.77. The van der Waals surface area contributed by atoms with Gasteiger partial charge in [-0.1, -0.05) is 32.0 Å². The number of hydrogen-bond donors (Lipinski definition) is 2. The zero-order valence-electron chi connectivity index (χ0n) is 14.0. The van der Waals surface area contributed by atoms with E-state index in [4.69, 9.17) is 8.42 Å². The van der Waals surface area contributed by atoms with E-state index in [9.17, 15) is 17.4 Å². The fourth-order valence-corrected chi connectivity index (χ4v) is 2.77. The zero-order chi connectivity index (χ0) is 19.5. The molecule has 0 saturated carbocycles. The molecule has 0 amide bonds. The lowest BCUT2D eigenvalue weighted by atomic mass is 9.82. The number of carbonyl (C=O) groups is 2. The Bertz CT molecular complexity index is 967. The van der Waals surface area contributed by atoms with E-state index in [1.165, 1.54) is 0 Å².